The first-order valence-electron chi connectivity index (χ1n) is 9.22. The SMILES string of the molecule is O=C(COc1ccc(S(=O)(=O)[O-])c(I)c1)Oc1ccc(/C([O-])=N/S(=O)(=O)c2ccccc2)cc1. The number of nitrogens with zero attached hydrogens (tertiary/aromatic N) is 1. The van der Waals surface area contributed by atoms with E-state index in [0.717, 1.165) is 6.07 Å². The van der Waals surface area contributed by atoms with Gasteiger partial charge in [-0.25, -0.2) is 13.2 Å². The molecule has 3 aromatic rings. The summed E-state index contributed by atoms with van der Waals surface area (Å²) in [7, 11) is -8.79. The molecule has 3 rings (SSSR count). The van der Waals surface area contributed by atoms with Crippen LogP contribution in [0.25, 0.3) is 0 Å². The van der Waals surface area contributed by atoms with Crippen LogP contribution in [0.4, 0.5) is 0 Å². The maximum atomic E-state index is 12.2. The summed E-state index contributed by atoms with van der Waals surface area (Å²) >= 11 is 1.66. The molecule has 0 aromatic heterocycles. The van der Waals surface area contributed by atoms with Crippen LogP contribution in [0.15, 0.2) is 87.0 Å². The lowest BCUT2D eigenvalue weighted by Gasteiger charge is -2.12. The summed E-state index contributed by atoms with van der Waals surface area (Å²) in [6, 6.07) is 15.9. The van der Waals surface area contributed by atoms with Gasteiger partial charge in [-0.1, -0.05) is 30.3 Å². The van der Waals surface area contributed by atoms with E-state index in [2.05, 4.69) is 4.40 Å². The third kappa shape index (κ3) is 6.75. The predicted octanol–water partition coefficient (Wildman–Crippen LogP) is 1.68. The van der Waals surface area contributed by atoms with E-state index in [-0.39, 0.29) is 25.5 Å². The molecule has 0 atom stereocenters. The smallest absolute Gasteiger partial charge is 0.349 e. The Morgan fingerprint density at radius 2 is 1.53 bits per heavy atom. The van der Waals surface area contributed by atoms with Gasteiger partial charge in [0.1, 0.15) is 21.6 Å². The first-order valence-corrected chi connectivity index (χ1v) is 13.1. The average molecular weight is 615 g/mol. The van der Waals surface area contributed by atoms with Gasteiger partial charge in [-0.05, 0) is 70.6 Å². The molecule has 0 aliphatic carbocycles. The highest BCUT2D eigenvalue weighted by Crippen LogP contribution is 2.23. The van der Waals surface area contributed by atoms with Gasteiger partial charge >= 0.3 is 5.97 Å². The third-order valence-corrected chi connectivity index (χ3v) is 7.53. The maximum absolute atomic E-state index is 12.2. The van der Waals surface area contributed by atoms with Crippen molar-refractivity contribution in [1.82, 2.24) is 0 Å². The van der Waals surface area contributed by atoms with Gasteiger partial charge in [0.15, 0.2) is 6.61 Å². The van der Waals surface area contributed by atoms with Crippen LogP contribution < -0.4 is 14.6 Å². The Bertz CT molecular complexity index is 1440. The second kappa shape index (κ2) is 10.5. The van der Waals surface area contributed by atoms with E-state index < -0.39 is 43.5 Å². The molecule has 0 amide bonds. The van der Waals surface area contributed by atoms with Crippen LogP contribution >= 0.6 is 22.6 Å². The zero-order valence-corrected chi connectivity index (χ0v) is 20.7. The van der Waals surface area contributed by atoms with Gasteiger partial charge in [-0.2, -0.15) is 12.8 Å². The molecule has 0 unspecified atom stereocenters. The minimum atomic E-state index is -4.63. The Balaban J connectivity index is 1.61. The monoisotopic (exact) mass is 615 g/mol. The fourth-order valence-corrected chi connectivity index (χ4v) is 5.31. The van der Waals surface area contributed by atoms with E-state index >= 15 is 0 Å². The van der Waals surface area contributed by atoms with Gasteiger partial charge in [0.2, 0.25) is 0 Å². The third-order valence-electron chi connectivity index (χ3n) is 4.11. The molecule has 10 nitrogen and oxygen atoms in total. The van der Waals surface area contributed by atoms with Gasteiger partial charge < -0.3 is 19.1 Å². The van der Waals surface area contributed by atoms with E-state index in [4.69, 9.17) is 9.47 Å². The minimum Gasteiger partial charge on any atom is -0.858 e. The lowest BCUT2D eigenvalue weighted by atomic mass is 10.2. The first-order chi connectivity index (χ1) is 16.0. The zero-order valence-electron chi connectivity index (χ0n) is 17.0. The number of carbonyl (C=O) groups excluding carboxylic acids is 1. The Kier molecular flexibility index (Phi) is 7.91. The van der Waals surface area contributed by atoms with Crippen molar-refractivity contribution < 1.29 is 40.8 Å². The molecule has 3 aromatic carbocycles. The summed E-state index contributed by atoms with van der Waals surface area (Å²) in [5.74, 6) is -1.57. The molecule has 0 saturated heterocycles. The van der Waals surface area contributed by atoms with Gasteiger partial charge in [0.05, 0.1) is 9.79 Å². The van der Waals surface area contributed by atoms with Crippen molar-refractivity contribution in [2.24, 2.45) is 4.40 Å². The van der Waals surface area contributed by atoms with E-state index in [0.29, 0.717) is 0 Å². The molecule has 0 radical (unpaired) electrons. The largest absolute Gasteiger partial charge is 0.858 e. The van der Waals surface area contributed by atoms with Crippen LogP contribution in [-0.2, 0) is 24.9 Å². The van der Waals surface area contributed by atoms with Crippen LogP contribution in [0, 0.1) is 3.57 Å². The van der Waals surface area contributed by atoms with Crippen molar-refractivity contribution in [3.05, 3.63) is 81.9 Å². The van der Waals surface area contributed by atoms with Crippen LogP contribution in [-0.4, -0.2) is 39.9 Å². The van der Waals surface area contributed by atoms with Gasteiger partial charge in [-0.3, -0.25) is 0 Å². The molecule has 13 heteroatoms. The van der Waals surface area contributed by atoms with Crippen LogP contribution in [0.3, 0.4) is 0 Å². The Morgan fingerprint density at radius 1 is 0.912 bits per heavy atom. The predicted molar refractivity (Wildman–Crippen MR) is 125 cm³/mol. The van der Waals surface area contributed by atoms with E-state index in [9.17, 15) is 31.3 Å². The minimum absolute atomic E-state index is 0.0291. The van der Waals surface area contributed by atoms with Crippen LogP contribution in [0.5, 0.6) is 11.5 Å². The standard InChI is InChI=1S/C21H16INO9S2/c22-18-12-16(10-11-19(18)34(28,29)30)31-13-20(24)32-15-8-6-14(7-9-15)21(25)23-33(26,27)17-4-2-1-3-5-17/h1-12H,13H2,(H,23,25)(H,28,29,30)/p-2. The molecule has 34 heavy (non-hydrogen) atoms. The summed E-state index contributed by atoms with van der Waals surface area (Å²) in [6.45, 7) is -0.523. The Labute approximate surface area is 208 Å². The Morgan fingerprint density at radius 3 is 2.12 bits per heavy atom. The second-order valence-corrected chi connectivity index (χ2v) is 10.6. The quantitative estimate of drug-likeness (QED) is 0.0917. The number of halogens is 1. The summed E-state index contributed by atoms with van der Waals surface area (Å²) in [6.07, 6.45) is 0. The molecule has 0 heterocycles. The normalized spacial score (nSPS) is 12.2. The molecule has 178 valence electrons. The molecule has 0 aliphatic heterocycles. The summed E-state index contributed by atoms with van der Waals surface area (Å²) in [4.78, 5) is 11.5. The number of hydrogen-bond acceptors (Lipinski definition) is 9. The molecule has 0 N–H and O–H groups in total. The van der Waals surface area contributed by atoms with Gasteiger partial charge in [-0.15, -0.1) is 0 Å². The van der Waals surface area contributed by atoms with E-state index in [1.54, 1.807) is 28.7 Å². The maximum Gasteiger partial charge on any atom is 0.349 e. The lowest BCUT2D eigenvalue weighted by molar-refractivity contribution is -0.212. The average Bonchev–Trinajstić information content (AvgIpc) is 2.77. The summed E-state index contributed by atoms with van der Waals surface area (Å²) in [5.41, 5.74) is -0.0291. The zero-order chi connectivity index (χ0) is 24.9. The van der Waals surface area contributed by atoms with Crippen LogP contribution in [0.1, 0.15) is 5.56 Å². The highest BCUT2D eigenvalue weighted by molar-refractivity contribution is 14.1. The van der Waals surface area contributed by atoms with Crippen molar-refractivity contribution in [2.45, 2.75) is 9.79 Å². The van der Waals surface area contributed by atoms with E-state index in [1.807, 2.05) is 0 Å². The molecule has 0 bridgehead atoms. The topological polar surface area (TPSA) is 162 Å². The number of benzene rings is 3. The highest BCUT2D eigenvalue weighted by atomic mass is 127. The number of sulfonamides is 1. The van der Waals surface area contributed by atoms with Crippen molar-refractivity contribution in [3.63, 3.8) is 0 Å². The van der Waals surface area contributed by atoms with Crippen molar-refractivity contribution in [1.29, 1.82) is 0 Å². The molecule has 0 aliphatic rings. The molecule has 0 fully saturated rings. The molecule has 0 saturated carbocycles. The number of esters is 1. The fraction of sp³-hybridized carbons (Fsp3) is 0.0476. The fourth-order valence-electron chi connectivity index (χ4n) is 2.55. The molecular formula is C21H14INO9S2-2. The summed E-state index contributed by atoms with van der Waals surface area (Å²) in [5, 5.41) is 12.2. The van der Waals surface area contributed by atoms with Crippen molar-refractivity contribution in [3.8, 4) is 11.5 Å². The van der Waals surface area contributed by atoms with Gasteiger partial charge in [0, 0.05) is 9.47 Å². The second-order valence-electron chi connectivity index (χ2n) is 6.52. The summed E-state index contributed by atoms with van der Waals surface area (Å²) < 4.78 is 71.4. The molecular weight excluding hydrogens is 601 g/mol. The first kappa shape index (κ1) is 25.6. The van der Waals surface area contributed by atoms with Crippen molar-refractivity contribution >= 4 is 54.6 Å². The highest BCUT2D eigenvalue weighted by Gasteiger charge is 2.13. The number of hydrogen-bond donors (Lipinski definition) is 0. The van der Waals surface area contributed by atoms with Gasteiger partial charge in [0.25, 0.3) is 10.0 Å². The Hall–Kier alpha value is -3.01. The van der Waals surface area contributed by atoms with Crippen LogP contribution in [0.2, 0.25) is 0 Å². The number of carbonyl (C=O) groups is 1. The lowest BCUT2D eigenvalue weighted by Crippen LogP contribution is -2.21. The number of ether oxygens (including phenoxy) is 2. The van der Waals surface area contributed by atoms with Crippen molar-refractivity contribution in [2.75, 3.05) is 6.61 Å². The number of rotatable bonds is 8. The van der Waals surface area contributed by atoms with E-state index in [1.165, 1.54) is 60.7 Å². The molecule has 0 spiro atoms.